The van der Waals surface area contributed by atoms with Crippen molar-refractivity contribution in [2.75, 3.05) is 36.5 Å². The molecule has 26 heavy (non-hydrogen) atoms. The van der Waals surface area contributed by atoms with Crippen LogP contribution < -0.4 is 15.5 Å². The summed E-state index contributed by atoms with van der Waals surface area (Å²) in [4.78, 5) is 7.24. The lowest BCUT2D eigenvalue weighted by atomic mass is 10.1. The SMILES string of the molecule is Cc1cc(N2CCCC2)nc2ccc(NC(=S)NC[C@@H]3CCCO3)cc12. The molecule has 138 valence electrons. The van der Waals surface area contributed by atoms with Crippen LogP contribution in [-0.2, 0) is 4.74 Å². The van der Waals surface area contributed by atoms with Gasteiger partial charge in [-0.25, -0.2) is 4.98 Å². The monoisotopic (exact) mass is 370 g/mol. The first-order chi connectivity index (χ1) is 12.7. The Bertz CT molecular complexity index is 798. The van der Waals surface area contributed by atoms with Gasteiger partial charge in [0, 0.05) is 37.3 Å². The van der Waals surface area contributed by atoms with E-state index in [1.807, 2.05) is 6.07 Å². The van der Waals surface area contributed by atoms with Crippen LogP contribution in [0.1, 0.15) is 31.2 Å². The normalized spacial score (nSPS) is 19.9. The molecule has 0 unspecified atom stereocenters. The Kier molecular flexibility index (Phi) is 5.22. The second kappa shape index (κ2) is 7.76. The standard InChI is InChI=1S/C20H26N4OS/c1-14-11-19(24-8-2-3-9-24)23-18-7-6-15(12-17(14)18)22-20(26)21-13-16-5-4-10-25-16/h6-7,11-12,16H,2-5,8-10,13H2,1H3,(H2,21,22,26)/t16-/m0/s1. The minimum atomic E-state index is 0.279. The van der Waals surface area contributed by atoms with Crippen molar-refractivity contribution in [1.29, 1.82) is 0 Å². The maximum Gasteiger partial charge on any atom is 0.170 e. The van der Waals surface area contributed by atoms with E-state index in [4.69, 9.17) is 21.9 Å². The van der Waals surface area contributed by atoms with Gasteiger partial charge in [-0.05, 0) is 74.7 Å². The minimum Gasteiger partial charge on any atom is -0.376 e. The summed E-state index contributed by atoms with van der Waals surface area (Å²) in [6, 6.07) is 8.45. The molecule has 1 aromatic heterocycles. The Labute approximate surface area is 160 Å². The van der Waals surface area contributed by atoms with Gasteiger partial charge >= 0.3 is 0 Å². The van der Waals surface area contributed by atoms with E-state index in [1.165, 1.54) is 23.8 Å². The Morgan fingerprint density at radius 2 is 2.12 bits per heavy atom. The van der Waals surface area contributed by atoms with Gasteiger partial charge in [-0.15, -0.1) is 0 Å². The number of thiocarbonyl (C=S) groups is 1. The number of nitrogens with one attached hydrogen (secondary N) is 2. The van der Waals surface area contributed by atoms with Crippen molar-refractivity contribution in [3.63, 3.8) is 0 Å². The van der Waals surface area contributed by atoms with E-state index in [1.54, 1.807) is 0 Å². The Balaban J connectivity index is 1.45. The molecule has 0 amide bonds. The molecule has 0 saturated carbocycles. The molecular weight excluding hydrogens is 344 g/mol. The maximum absolute atomic E-state index is 5.62. The number of aromatic nitrogens is 1. The molecule has 2 saturated heterocycles. The first-order valence-electron chi connectivity index (χ1n) is 9.52. The number of fused-ring (bicyclic) bond motifs is 1. The molecule has 2 aromatic rings. The van der Waals surface area contributed by atoms with Crippen molar-refractivity contribution in [2.45, 2.75) is 38.7 Å². The van der Waals surface area contributed by atoms with Crippen molar-refractivity contribution in [2.24, 2.45) is 0 Å². The number of pyridine rings is 1. The highest BCUT2D eigenvalue weighted by molar-refractivity contribution is 7.80. The van der Waals surface area contributed by atoms with Crippen LogP contribution in [0.5, 0.6) is 0 Å². The molecule has 3 heterocycles. The number of ether oxygens (including phenoxy) is 1. The molecule has 0 radical (unpaired) electrons. The first kappa shape index (κ1) is 17.5. The van der Waals surface area contributed by atoms with Gasteiger partial charge in [-0.2, -0.15) is 0 Å². The highest BCUT2D eigenvalue weighted by Gasteiger charge is 2.16. The summed E-state index contributed by atoms with van der Waals surface area (Å²) in [5.74, 6) is 1.10. The molecule has 5 nitrogen and oxygen atoms in total. The van der Waals surface area contributed by atoms with Gasteiger partial charge < -0.3 is 20.3 Å². The lowest BCUT2D eigenvalue weighted by Crippen LogP contribution is -2.34. The summed E-state index contributed by atoms with van der Waals surface area (Å²) in [5, 5.41) is 8.34. The molecule has 1 atom stereocenters. The topological polar surface area (TPSA) is 49.4 Å². The average molecular weight is 371 g/mol. The van der Waals surface area contributed by atoms with Crippen LogP contribution >= 0.6 is 12.2 Å². The number of nitrogens with zero attached hydrogens (tertiary/aromatic N) is 2. The third-order valence-corrected chi connectivity index (χ3v) is 5.45. The predicted molar refractivity (Wildman–Crippen MR) is 111 cm³/mol. The van der Waals surface area contributed by atoms with E-state index in [-0.39, 0.29) is 6.10 Å². The molecule has 4 rings (SSSR count). The van der Waals surface area contributed by atoms with Crippen molar-refractivity contribution >= 4 is 39.7 Å². The minimum absolute atomic E-state index is 0.279. The van der Waals surface area contributed by atoms with Crippen molar-refractivity contribution in [3.8, 4) is 0 Å². The van der Waals surface area contributed by atoms with Gasteiger partial charge in [0.15, 0.2) is 5.11 Å². The number of hydrogen-bond acceptors (Lipinski definition) is 4. The smallest absolute Gasteiger partial charge is 0.170 e. The Morgan fingerprint density at radius 3 is 2.88 bits per heavy atom. The summed E-state index contributed by atoms with van der Waals surface area (Å²) >= 11 is 5.42. The van der Waals surface area contributed by atoms with Crippen LogP contribution in [-0.4, -0.2) is 42.4 Å². The summed E-state index contributed by atoms with van der Waals surface area (Å²) < 4.78 is 5.62. The van der Waals surface area contributed by atoms with Gasteiger partial charge in [-0.1, -0.05) is 0 Å². The fourth-order valence-corrected chi connectivity index (χ4v) is 3.95. The zero-order valence-electron chi connectivity index (χ0n) is 15.3. The zero-order valence-corrected chi connectivity index (χ0v) is 16.1. The lowest BCUT2D eigenvalue weighted by Gasteiger charge is -2.18. The highest BCUT2D eigenvalue weighted by atomic mass is 32.1. The summed E-state index contributed by atoms with van der Waals surface area (Å²) in [6.45, 7) is 6.01. The fraction of sp³-hybridized carbons (Fsp3) is 0.500. The van der Waals surface area contributed by atoms with Gasteiger partial charge in [0.25, 0.3) is 0 Å². The van der Waals surface area contributed by atoms with Crippen molar-refractivity contribution in [1.82, 2.24) is 10.3 Å². The summed E-state index contributed by atoms with van der Waals surface area (Å²) in [6.07, 6.45) is 5.05. The van der Waals surface area contributed by atoms with Crippen LogP contribution in [0, 0.1) is 6.92 Å². The molecule has 2 aliphatic heterocycles. The van der Waals surface area contributed by atoms with E-state index >= 15 is 0 Å². The van der Waals surface area contributed by atoms with E-state index in [9.17, 15) is 0 Å². The number of rotatable bonds is 4. The third kappa shape index (κ3) is 3.91. The van der Waals surface area contributed by atoms with Crippen molar-refractivity contribution < 1.29 is 4.74 Å². The second-order valence-electron chi connectivity index (χ2n) is 7.19. The van der Waals surface area contributed by atoms with Gasteiger partial charge in [-0.3, -0.25) is 0 Å². The quantitative estimate of drug-likeness (QED) is 0.802. The van der Waals surface area contributed by atoms with Crippen LogP contribution in [0.3, 0.4) is 0 Å². The molecular formula is C20H26N4OS. The Morgan fingerprint density at radius 1 is 1.27 bits per heavy atom. The second-order valence-corrected chi connectivity index (χ2v) is 7.60. The van der Waals surface area contributed by atoms with Crippen LogP contribution in [0.15, 0.2) is 24.3 Å². The first-order valence-corrected chi connectivity index (χ1v) is 9.93. The maximum atomic E-state index is 5.62. The molecule has 0 aliphatic carbocycles. The Hall–Kier alpha value is -1.92. The molecule has 1 aromatic carbocycles. The predicted octanol–water partition coefficient (Wildman–Crippen LogP) is 3.61. The molecule has 0 bridgehead atoms. The van der Waals surface area contributed by atoms with E-state index in [0.717, 1.165) is 56.1 Å². The number of anilines is 2. The van der Waals surface area contributed by atoms with Gasteiger partial charge in [0.2, 0.25) is 0 Å². The zero-order chi connectivity index (χ0) is 17.9. The van der Waals surface area contributed by atoms with E-state index in [0.29, 0.717) is 5.11 Å². The van der Waals surface area contributed by atoms with Gasteiger partial charge in [0.1, 0.15) is 5.82 Å². The summed E-state index contributed by atoms with van der Waals surface area (Å²) in [7, 11) is 0. The molecule has 2 fully saturated rings. The third-order valence-electron chi connectivity index (χ3n) is 5.20. The van der Waals surface area contributed by atoms with E-state index < -0.39 is 0 Å². The number of aryl methyl sites for hydroxylation is 1. The lowest BCUT2D eigenvalue weighted by molar-refractivity contribution is 0.114. The molecule has 2 aliphatic rings. The van der Waals surface area contributed by atoms with Crippen LogP contribution in [0.25, 0.3) is 10.9 Å². The largest absolute Gasteiger partial charge is 0.376 e. The van der Waals surface area contributed by atoms with E-state index in [2.05, 4.69) is 40.7 Å². The highest BCUT2D eigenvalue weighted by Crippen LogP contribution is 2.27. The fourth-order valence-electron chi connectivity index (χ4n) is 3.75. The van der Waals surface area contributed by atoms with Crippen LogP contribution in [0.2, 0.25) is 0 Å². The molecule has 0 spiro atoms. The number of hydrogen-bond donors (Lipinski definition) is 2. The van der Waals surface area contributed by atoms with Crippen LogP contribution in [0.4, 0.5) is 11.5 Å². The van der Waals surface area contributed by atoms with Gasteiger partial charge in [0.05, 0.1) is 11.6 Å². The summed E-state index contributed by atoms with van der Waals surface area (Å²) in [5.41, 5.74) is 3.27. The molecule has 6 heteroatoms. The number of benzene rings is 1. The van der Waals surface area contributed by atoms with Crippen molar-refractivity contribution in [3.05, 3.63) is 29.8 Å². The average Bonchev–Trinajstić information content (AvgIpc) is 3.34. The molecule has 2 N–H and O–H groups in total.